The van der Waals surface area contributed by atoms with Gasteiger partial charge in [-0.15, -0.1) is 0 Å². The molecule has 2 aliphatic rings. The molecule has 49 heavy (non-hydrogen) atoms. The van der Waals surface area contributed by atoms with Crippen molar-refractivity contribution in [3.63, 3.8) is 0 Å². The van der Waals surface area contributed by atoms with Crippen LogP contribution < -0.4 is 0 Å². The molecule has 0 saturated heterocycles. The molecule has 0 aliphatic heterocycles. The van der Waals surface area contributed by atoms with E-state index in [4.69, 9.17) is 0 Å². The van der Waals surface area contributed by atoms with Crippen molar-refractivity contribution in [2.24, 2.45) is 5.41 Å². The van der Waals surface area contributed by atoms with Gasteiger partial charge in [0, 0.05) is 0 Å². The first-order chi connectivity index (χ1) is 22.5. The highest BCUT2D eigenvalue weighted by Gasteiger charge is 2.96. The minimum absolute atomic E-state index is 0.591. The van der Waals surface area contributed by atoms with Gasteiger partial charge in [-0.1, -0.05) is 36.4 Å². The Bertz CT molecular complexity index is 1660. The summed E-state index contributed by atoms with van der Waals surface area (Å²) in [7, 11) is 0. The first-order valence-corrected chi connectivity index (χ1v) is 12.8. The van der Waals surface area contributed by atoms with Crippen molar-refractivity contribution in [2.45, 2.75) is 35.9 Å². The molecular formula is C29H12F16O4. The molecule has 2 aromatic carbocycles. The quantitative estimate of drug-likeness (QED) is 0.220. The molecule has 4 atom stereocenters. The van der Waals surface area contributed by atoms with Crippen LogP contribution in [0.15, 0.2) is 107 Å². The lowest BCUT2D eigenvalue weighted by atomic mass is 9.55. The molecule has 0 spiro atoms. The lowest BCUT2D eigenvalue weighted by Crippen LogP contribution is -2.79. The molecular weight excluding hydrogens is 716 g/mol. The van der Waals surface area contributed by atoms with E-state index in [9.17, 15) is 27.2 Å². The van der Waals surface area contributed by atoms with Gasteiger partial charge in [0.2, 0.25) is 16.8 Å². The first kappa shape index (κ1) is 37.0. The van der Waals surface area contributed by atoms with E-state index in [0.29, 0.717) is 24.3 Å². The van der Waals surface area contributed by atoms with E-state index >= 15 is 52.7 Å². The molecule has 0 N–H and O–H groups in total. The van der Waals surface area contributed by atoms with Gasteiger partial charge >= 0.3 is 24.3 Å². The van der Waals surface area contributed by atoms with E-state index in [1.165, 1.54) is 0 Å². The normalized spacial score (nSPS) is 25.6. The largest absolute Gasteiger partial charge is 0.447 e. The van der Waals surface area contributed by atoms with E-state index in [0.717, 1.165) is 36.4 Å². The third-order valence-electron chi connectivity index (χ3n) is 7.42. The lowest BCUT2D eigenvalue weighted by molar-refractivity contribution is -0.421. The number of ether oxygens (including phenoxy) is 2. The maximum absolute atomic E-state index is 17.1. The number of hydrogen-bond donors (Lipinski definition) is 0. The highest BCUT2D eigenvalue weighted by atomic mass is 19.4. The van der Waals surface area contributed by atoms with Gasteiger partial charge in [-0.25, -0.2) is 53.5 Å². The number of hydrogen-bond acceptors (Lipinski definition) is 4. The van der Waals surface area contributed by atoms with Crippen LogP contribution in [-0.4, -0.2) is 47.8 Å². The fourth-order valence-corrected chi connectivity index (χ4v) is 5.27. The van der Waals surface area contributed by atoms with Crippen LogP contribution in [0.1, 0.15) is 20.7 Å². The van der Waals surface area contributed by atoms with Crippen molar-refractivity contribution >= 4 is 11.9 Å². The van der Waals surface area contributed by atoms with Crippen molar-refractivity contribution in [1.29, 1.82) is 0 Å². The molecule has 0 amide bonds. The molecule has 0 aromatic heterocycles. The van der Waals surface area contributed by atoms with E-state index < -0.39 is 111 Å². The molecule has 0 heterocycles. The summed E-state index contributed by atoms with van der Waals surface area (Å²) in [6.45, 7) is 0. The van der Waals surface area contributed by atoms with E-state index in [1.54, 1.807) is 0 Å². The summed E-state index contributed by atoms with van der Waals surface area (Å²) in [6, 6.07) is 8.12. The van der Waals surface area contributed by atoms with Crippen molar-refractivity contribution in [1.82, 2.24) is 0 Å². The van der Waals surface area contributed by atoms with Crippen LogP contribution in [0.2, 0.25) is 0 Å². The second-order valence-electron chi connectivity index (χ2n) is 10.1. The van der Waals surface area contributed by atoms with Gasteiger partial charge in [-0.2, -0.15) is 26.3 Å². The van der Waals surface area contributed by atoms with E-state index in [1.807, 2.05) is 0 Å². The first-order valence-electron chi connectivity index (χ1n) is 12.8. The number of esters is 2. The average Bonchev–Trinajstić information content (AvgIpc) is 3.04. The smallest absolute Gasteiger partial charge is 0.410 e. The summed E-state index contributed by atoms with van der Waals surface area (Å²) in [5.74, 6) is -35.8. The number of carbonyl (C=O) groups is 2. The summed E-state index contributed by atoms with van der Waals surface area (Å²) < 4.78 is 252. The number of halogens is 16. The Kier molecular flexibility index (Phi) is 9.28. The third kappa shape index (κ3) is 5.17. The topological polar surface area (TPSA) is 52.6 Å². The Hall–Kier alpha value is -4.78. The fraction of sp³-hybridized carbons (Fsp3) is 0.241. The molecule has 2 aliphatic carbocycles. The van der Waals surface area contributed by atoms with Crippen LogP contribution in [0.3, 0.4) is 0 Å². The summed E-state index contributed by atoms with van der Waals surface area (Å²) in [5, 5.41) is 0. The van der Waals surface area contributed by atoms with Crippen LogP contribution in [0.4, 0.5) is 70.2 Å². The number of rotatable bonds is 6. The summed E-state index contributed by atoms with van der Waals surface area (Å²) in [5.41, 5.74) is -24.7. The second-order valence-corrected chi connectivity index (χ2v) is 10.1. The van der Waals surface area contributed by atoms with Crippen LogP contribution >= 0.6 is 0 Å². The van der Waals surface area contributed by atoms with E-state index in [-0.39, 0.29) is 0 Å². The number of alkyl halides is 8. The van der Waals surface area contributed by atoms with Crippen LogP contribution in [0, 0.1) is 5.41 Å². The van der Waals surface area contributed by atoms with Gasteiger partial charge in [0.05, 0.1) is 11.1 Å². The zero-order valence-electron chi connectivity index (χ0n) is 23.1. The maximum atomic E-state index is 17.1. The zero-order chi connectivity index (χ0) is 37.1. The molecule has 0 radical (unpaired) electrons. The Labute approximate surface area is 261 Å². The SMILES string of the molecule is O=C(OC1C(F)=C(F)C(F)=C(F)C1(F)C(C(F)(F)F)(C(F)(F)F)C1(F)C(F)=C(F)C(F)=C(F)C1OC(=O)c1ccccc1)c1ccccc1. The highest BCUT2D eigenvalue weighted by Crippen LogP contribution is 2.73. The molecule has 0 saturated carbocycles. The molecule has 0 fully saturated rings. The standard InChI is InChI=1S/C29H12F16O4/c30-13-15(32)19(36)25(38,21(17(13)34)48-23(46)11-7-3-1-4-8-11)27(28(40,41)42,29(43,44)45)26(39)20(37)16(33)14(31)18(35)22(26)49-24(47)12-9-5-2-6-10-12/h1-10,21-22H. The predicted molar refractivity (Wildman–Crippen MR) is 130 cm³/mol. The Morgan fingerprint density at radius 2 is 0.796 bits per heavy atom. The van der Waals surface area contributed by atoms with Gasteiger partial charge in [-0.05, 0) is 24.3 Å². The second kappa shape index (κ2) is 12.3. The predicted octanol–water partition coefficient (Wildman–Crippen LogP) is 9.59. The molecule has 0 bridgehead atoms. The van der Waals surface area contributed by atoms with Gasteiger partial charge in [0.15, 0.2) is 58.8 Å². The maximum Gasteiger partial charge on any atom is 0.410 e. The van der Waals surface area contributed by atoms with Crippen molar-refractivity contribution in [3.05, 3.63) is 118 Å². The molecule has 4 nitrogen and oxygen atoms in total. The minimum atomic E-state index is -8.19. The number of carbonyl (C=O) groups excluding carboxylic acids is 2. The summed E-state index contributed by atoms with van der Waals surface area (Å²) in [4.78, 5) is 25.2. The van der Waals surface area contributed by atoms with Gasteiger partial charge in [0.25, 0.3) is 0 Å². The van der Waals surface area contributed by atoms with Crippen LogP contribution in [0.25, 0.3) is 0 Å². The molecule has 264 valence electrons. The Morgan fingerprint density at radius 1 is 0.510 bits per heavy atom. The highest BCUT2D eigenvalue weighted by molar-refractivity contribution is 5.90. The fourth-order valence-electron chi connectivity index (χ4n) is 5.27. The van der Waals surface area contributed by atoms with Gasteiger partial charge in [-0.3, -0.25) is 0 Å². The molecule has 4 rings (SSSR count). The Morgan fingerprint density at radius 3 is 1.06 bits per heavy atom. The van der Waals surface area contributed by atoms with Crippen molar-refractivity contribution in [3.8, 4) is 0 Å². The molecule has 4 unspecified atom stereocenters. The van der Waals surface area contributed by atoms with Crippen LogP contribution in [-0.2, 0) is 9.47 Å². The minimum Gasteiger partial charge on any atom is -0.447 e. The van der Waals surface area contributed by atoms with Gasteiger partial charge in [0.1, 0.15) is 0 Å². The molecule has 2 aromatic rings. The lowest BCUT2D eigenvalue weighted by Gasteiger charge is -2.55. The third-order valence-corrected chi connectivity index (χ3v) is 7.42. The van der Waals surface area contributed by atoms with Crippen molar-refractivity contribution in [2.75, 3.05) is 0 Å². The zero-order valence-corrected chi connectivity index (χ0v) is 23.1. The summed E-state index contributed by atoms with van der Waals surface area (Å²) in [6.07, 6.45) is -26.6. The number of allylic oxidation sites excluding steroid dienone is 4. The van der Waals surface area contributed by atoms with Crippen molar-refractivity contribution < 1.29 is 89.3 Å². The number of benzene rings is 2. The monoisotopic (exact) mass is 728 g/mol. The summed E-state index contributed by atoms with van der Waals surface area (Å²) >= 11 is 0. The molecule has 20 heteroatoms. The van der Waals surface area contributed by atoms with Crippen LogP contribution in [0.5, 0.6) is 0 Å². The van der Waals surface area contributed by atoms with E-state index in [2.05, 4.69) is 9.47 Å². The van der Waals surface area contributed by atoms with Gasteiger partial charge < -0.3 is 9.47 Å². The average molecular weight is 728 g/mol. The Balaban J connectivity index is 2.19.